The summed E-state index contributed by atoms with van der Waals surface area (Å²) in [6.45, 7) is 3.03. The van der Waals surface area contributed by atoms with Gasteiger partial charge >= 0.3 is 12.1 Å². The third kappa shape index (κ3) is 5.02. The summed E-state index contributed by atoms with van der Waals surface area (Å²) in [4.78, 5) is 30.4. The molecule has 180 valence electrons. The number of fused-ring (bicyclic) bond motifs is 3. The first-order valence-corrected chi connectivity index (χ1v) is 11.2. The predicted octanol–water partition coefficient (Wildman–Crippen LogP) is 1.03. The topological polar surface area (TPSA) is 116 Å². The highest BCUT2D eigenvalue weighted by Crippen LogP contribution is 2.30. The standard InChI is InChI=1S/C17H21N5O3S.C2HF3O2/c1-19-7-9-21(10-8-19)17(23)16-14-11-20(2)26(24,25)15-6-4-3-5-13(15)22(14)12-18-16;3-2(4,5)1(6)7/h3-6,12H,7-11H2,1-2H3;(H,6,7). The number of likely N-dealkylation sites (N-methyl/N-ethyl adjacent to an activating group) is 1. The van der Waals surface area contributed by atoms with Gasteiger partial charge in [0, 0.05) is 33.2 Å². The van der Waals surface area contributed by atoms with E-state index in [2.05, 4.69) is 9.88 Å². The predicted molar refractivity (Wildman–Crippen MR) is 109 cm³/mol. The Morgan fingerprint density at radius 2 is 1.64 bits per heavy atom. The van der Waals surface area contributed by atoms with Gasteiger partial charge in [0.05, 0.1) is 17.9 Å². The lowest BCUT2D eigenvalue weighted by Crippen LogP contribution is -2.47. The lowest BCUT2D eigenvalue weighted by molar-refractivity contribution is -0.192. The fraction of sp³-hybridized carbons (Fsp3) is 0.421. The summed E-state index contributed by atoms with van der Waals surface area (Å²) in [5, 5.41) is 7.12. The molecule has 1 aromatic heterocycles. The van der Waals surface area contributed by atoms with Crippen LogP contribution in [0.25, 0.3) is 5.69 Å². The fourth-order valence-electron chi connectivity index (χ4n) is 3.41. The number of rotatable bonds is 1. The average Bonchev–Trinajstić information content (AvgIpc) is 3.13. The van der Waals surface area contributed by atoms with Crippen molar-refractivity contribution in [3.63, 3.8) is 0 Å². The molecule has 0 saturated carbocycles. The van der Waals surface area contributed by atoms with Gasteiger partial charge in [0.2, 0.25) is 10.0 Å². The maximum absolute atomic E-state index is 13.0. The van der Waals surface area contributed by atoms with E-state index in [4.69, 9.17) is 9.90 Å². The van der Waals surface area contributed by atoms with Crippen LogP contribution in [0.2, 0.25) is 0 Å². The molecule has 2 aliphatic heterocycles. The van der Waals surface area contributed by atoms with Crippen molar-refractivity contribution in [2.45, 2.75) is 17.6 Å². The van der Waals surface area contributed by atoms with Crippen LogP contribution in [0.15, 0.2) is 35.5 Å². The summed E-state index contributed by atoms with van der Waals surface area (Å²) in [7, 11) is -0.0606. The minimum Gasteiger partial charge on any atom is -0.475 e. The molecule has 10 nitrogen and oxygen atoms in total. The summed E-state index contributed by atoms with van der Waals surface area (Å²) >= 11 is 0. The Hall–Kier alpha value is -2.97. The summed E-state index contributed by atoms with van der Waals surface area (Å²) in [6, 6.07) is 6.80. The minimum absolute atomic E-state index is 0.103. The van der Waals surface area contributed by atoms with Crippen molar-refractivity contribution in [1.82, 2.24) is 23.7 Å². The number of carboxylic acids is 1. The van der Waals surface area contributed by atoms with E-state index in [1.54, 1.807) is 40.1 Å². The van der Waals surface area contributed by atoms with Crippen molar-refractivity contribution >= 4 is 21.9 Å². The molecule has 1 N–H and O–H groups in total. The lowest BCUT2D eigenvalue weighted by Gasteiger charge is -2.32. The first-order chi connectivity index (χ1) is 15.3. The van der Waals surface area contributed by atoms with E-state index in [0.29, 0.717) is 30.2 Å². The van der Waals surface area contributed by atoms with E-state index >= 15 is 0 Å². The van der Waals surface area contributed by atoms with E-state index in [9.17, 15) is 26.4 Å². The largest absolute Gasteiger partial charge is 0.490 e. The highest BCUT2D eigenvalue weighted by molar-refractivity contribution is 7.89. The zero-order valence-electron chi connectivity index (χ0n) is 17.8. The number of piperazine rings is 1. The molecule has 1 fully saturated rings. The molecule has 0 spiro atoms. The number of hydrogen-bond acceptors (Lipinski definition) is 6. The summed E-state index contributed by atoms with van der Waals surface area (Å²) in [5.41, 5.74) is 1.45. The Morgan fingerprint density at radius 1 is 1.06 bits per heavy atom. The van der Waals surface area contributed by atoms with E-state index in [0.717, 1.165) is 13.1 Å². The summed E-state index contributed by atoms with van der Waals surface area (Å²) < 4.78 is 60.3. The van der Waals surface area contributed by atoms with Crippen molar-refractivity contribution in [2.24, 2.45) is 0 Å². The van der Waals surface area contributed by atoms with Gasteiger partial charge in [0.25, 0.3) is 5.91 Å². The van der Waals surface area contributed by atoms with Gasteiger partial charge in [-0.05, 0) is 19.2 Å². The quantitative estimate of drug-likeness (QED) is 0.636. The summed E-state index contributed by atoms with van der Waals surface area (Å²) in [6.07, 6.45) is -3.54. The maximum atomic E-state index is 13.0. The molecule has 0 unspecified atom stereocenters. The van der Waals surface area contributed by atoms with Gasteiger partial charge in [-0.25, -0.2) is 18.2 Å². The Bertz CT molecular complexity index is 1160. The SMILES string of the molecule is CN1CCN(C(=O)c2ncn3c2CN(C)S(=O)(=O)c2ccccc2-3)CC1.O=C(O)C(F)(F)F. The van der Waals surface area contributed by atoms with Gasteiger partial charge < -0.3 is 14.9 Å². The molecule has 0 bridgehead atoms. The number of carbonyl (C=O) groups is 2. The van der Waals surface area contributed by atoms with Crippen LogP contribution in [-0.2, 0) is 21.4 Å². The lowest BCUT2D eigenvalue weighted by atomic mass is 10.2. The molecule has 2 aromatic rings. The van der Waals surface area contributed by atoms with Gasteiger partial charge in [-0.2, -0.15) is 17.5 Å². The molecule has 0 radical (unpaired) electrons. The van der Waals surface area contributed by atoms with Gasteiger partial charge in [-0.1, -0.05) is 12.1 Å². The van der Waals surface area contributed by atoms with Crippen molar-refractivity contribution in [3.8, 4) is 5.69 Å². The van der Waals surface area contributed by atoms with Crippen LogP contribution < -0.4 is 0 Å². The summed E-state index contributed by atoms with van der Waals surface area (Å²) in [5.74, 6) is -2.90. The fourth-order valence-corrected chi connectivity index (χ4v) is 4.72. The number of carboxylic acid groups (broad SMARTS) is 1. The number of para-hydroxylation sites is 1. The molecule has 0 aliphatic carbocycles. The average molecular weight is 489 g/mol. The Kier molecular flexibility index (Phi) is 6.81. The number of imidazole rings is 1. The number of hydrogen-bond donors (Lipinski definition) is 1. The second kappa shape index (κ2) is 9.11. The molecule has 1 amide bonds. The van der Waals surface area contributed by atoms with Gasteiger partial charge in [-0.15, -0.1) is 0 Å². The van der Waals surface area contributed by atoms with Crippen LogP contribution >= 0.6 is 0 Å². The van der Waals surface area contributed by atoms with Crippen LogP contribution in [0.3, 0.4) is 0 Å². The van der Waals surface area contributed by atoms with Crippen molar-refractivity contribution in [3.05, 3.63) is 42.0 Å². The van der Waals surface area contributed by atoms with Crippen molar-refractivity contribution in [1.29, 1.82) is 0 Å². The smallest absolute Gasteiger partial charge is 0.475 e. The van der Waals surface area contributed by atoms with Gasteiger partial charge in [0.1, 0.15) is 11.2 Å². The highest BCUT2D eigenvalue weighted by atomic mass is 32.2. The third-order valence-electron chi connectivity index (χ3n) is 5.29. The van der Waals surface area contributed by atoms with Crippen LogP contribution in [0, 0.1) is 0 Å². The zero-order chi connectivity index (χ0) is 24.6. The van der Waals surface area contributed by atoms with Crippen LogP contribution in [0.1, 0.15) is 16.2 Å². The molecule has 1 aromatic carbocycles. The molecule has 1 saturated heterocycles. The number of carbonyl (C=O) groups excluding carboxylic acids is 1. The molecule has 33 heavy (non-hydrogen) atoms. The zero-order valence-corrected chi connectivity index (χ0v) is 18.6. The number of amides is 1. The highest BCUT2D eigenvalue weighted by Gasteiger charge is 2.38. The number of benzene rings is 1. The Balaban J connectivity index is 0.000000383. The molecule has 3 heterocycles. The van der Waals surface area contributed by atoms with Crippen LogP contribution in [0.4, 0.5) is 13.2 Å². The molecule has 2 aliphatic rings. The van der Waals surface area contributed by atoms with E-state index < -0.39 is 22.2 Å². The van der Waals surface area contributed by atoms with E-state index in [-0.39, 0.29) is 17.3 Å². The Morgan fingerprint density at radius 3 is 2.21 bits per heavy atom. The minimum atomic E-state index is -5.08. The van der Waals surface area contributed by atoms with Crippen LogP contribution in [-0.4, -0.2) is 95.5 Å². The van der Waals surface area contributed by atoms with Gasteiger partial charge in [0.15, 0.2) is 5.69 Å². The molecule has 4 rings (SSSR count). The molecule has 14 heteroatoms. The second-order valence-corrected chi connectivity index (χ2v) is 9.55. The molecular weight excluding hydrogens is 467 g/mol. The number of aromatic nitrogens is 2. The number of aliphatic carboxylic acids is 1. The van der Waals surface area contributed by atoms with E-state index in [1.807, 2.05) is 7.05 Å². The number of halogens is 3. The number of nitrogens with zero attached hydrogens (tertiary/aromatic N) is 5. The third-order valence-corrected chi connectivity index (χ3v) is 7.14. The second-order valence-electron chi connectivity index (χ2n) is 7.54. The molecular formula is C19H22F3N5O5S. The maximum Gasteiger partial charge on any atom is 0.490 e. The number of alkyl halides is 3. The van der Waals surface area contributed by atoms with E-state index in [1.165, 1.54) is 11.4 Å². The first kappa shape index (κ1) is 24.7. The monoisotopic (exact) mass is 489 g/mol. The number of sulfonamides is 1. The van der Waals surface area contributed by atoms with Gasteiger partial charge in [-0.3, -0.25) is 9.36 Å². The first-order valence-electron chi connectivity index (χ1n) is 9.74. The molecule has 0 atom stereocenters. The normalized spacial score (nSPS) is 18.4. The Labute approximate surface area is 187 Å². The van der Waals surface area contributed by atoms with Crippen molar-refractivity contribution < 1.29 is 36.3 Å². The van der Waals surface area contributed by atoms with Crippen molar-refractivity contribution in [2.75, 3.05) is 40.3 Å². The van der Waals surface area contributed by atoms with Crippen LogP contribution in [0.5, 0.6) is 0 Å².